The molecule has 0 bridgehead atoms. The van der Waals surface area contributed by atoms with Crippen LogP contribution in [-0.2, 0) is 0 Å². The van der Waals surface area contributed by atoms with Crippen molar-refractivity contribution in [3.63, 3.8) is 0 Å². The van der Waals surface area contributed by atoms with Gasteiger partial charge >= 0.3 is 0 Å². The lowest BCUT2D eigenvalue weighted by Crippen LogP contribution is -2.29. The molecule has 108 valence electrons. The van der Waals surface area contributed by atoms with E-state index in [4.69, 9.17) is 4.74 Å². The van der Waals surface area contributed by atoms with Gasteiger partial charge in [-0.2, -0.15) is 0 Å². The zero-order valence-electron chi connectivity index (χ0n) is 11.8. The van der Waals surface area contributed by atoms with Crippen molar-refractivity contribution in [1.82, 2.24) is 10.3 Å². The van der Waals surface area contributed by atoms with E-state index in [0.717, 1.165) is 23.7 Å². The second-order valence-electron chi connectivity index (χ2n) is 4.84. The molecule has 0 saturated heterocycles. The number of hydrogen-bond acceptors (Lipinski definition) is 4. The van der Waals surface area contributed by atoms with E-state index < -0.39 is 0 Å². The van der Waals surface area contributed by atoms with Gasteiger partial charge in [-0.05, 0) is 25.1 Å². The van der Waals surface area contributed by atoms with Gasteiger partial charge in [0.05, 0.1) is 11.6 Å². The molecule has 1 amide bonds. The topological polar surface area (TPSA) is 63.2 Å². The smallest absolute Gasteiger partial charge is 0.253 e. The molecule has 1 aliphatic rings. The Kier molecular flexibility index (Phi) is 3.73. The molecule has 3 rings (SSSR count). The molecule has 0 spiro atoms. The van der Waals surface area contributed by atoms with E-state index >= 15 is 0 Å². The van der Waals surface area contributed by atoms with Gasteiger partial charge in [0.1, 0.15) is 18.2 Å². The highest BCUT2D eigenvalue weighted by Gasteiger charge is 2.25. The van der Waals surface area contributed by atoms with Crippen molar-refractivity contribution in [2.24, 2.45) is 0 Å². The Bertz CT molecular complexity index is 640. The van der Waals surface area contributed by atoms with Gasteiger partial charge in [-0.3, -0.25) is 4.79 Å². The number of hydrogen-bond donors (Lipinski definition) is 2. The molecule has 1 atom stereocenters. The average molecular weight is 283 g/mol. The number of carbonyl (C=O) groups excluding carboxylic acids is 1. The fourth-order valence-corrected chi connectivity index (χ4v) is 2.34. The van der Waals surface area contributed by atoms with Gasteiger partial charge in [0.2, 0.25) is 0 Å². The second-order valence-corrected chi connectivity index (χ2v) is 4.84. The van der Waals surface area contributed by atoms with Gasteiger partial charge in [0.15, 0.2) is 0 Å². The third-order valence-corrected chi connectivity index (χ3v) is 3.39. The van der Waals surface area contributed by atoms with E-state index in [-0.39, 0.29) is 11.9 Å². The van der Waals surface area contributed by atoms with E-state index in [1.165, 1.54) is 0 Å². The molecule has 1 aromatic carbocycles. The van der Waals surface area contributed by atoms with Crippen molar-refractivity contribution in [3.8, 4) is 5.75 Å². The number of para-hydroxylation sites is 1. The van der Waals surface area contributed by atoms with Crippen LogP contribution in [-0.4, -0.2) is 24.0 Å². The summed E-state index contributed by atoms with van der Waals surface area (Å²) in [5, 5.41) is 6.08. The Hall–Kier alpha value is -2.56. The largest absolute Gasteiger partial charge is 0.491 e. The second kappa shape index (κ2) is 5.83. The zero-order chi connectivity index (χ0) is 14.7. The first-order valence-electron chi connectivity index (χ1n) is 7.00. The first-order valence-corrected chi connectivity index (χ1v) is 7.00. The van der Waals surface area contributed by atoms with Gasteiger partial charge in [0.25, 0.3) is 5.91 Å². The van der Waals surface area contributed by atoms with Gasteiger partial charge in [-0.15, -0.1) is 0 Å². The molecule has 2 aromatic rings. The summed E-state index contributed by atoms with van der Waals surface area (Å²) in [5.74, 6) is 1.46. The summed E-state index contributed by atoms with van der Waals surface area (Å²) < 4.78 is 5.56. The maximum Gasteiger partial charge on any atom is 0.253 e. The number of ether oxygens (including phenoxy) is 1. The average Bonchev–Trinajstić information content (AvgIpc) is 2.92. The van der Waals surface area contributed by atoms with Crippen LogP contribution in [0.3, 0.4) is 0 Å². The first-order chi connectivity index (χ1) is 10.3. The number of fused-ring (bicyclic) bond motifs is 1. The molecule has 2 N–H and O–H groups in total. The molecule has 0 saturated carbocycles. The number of nitrogens with zero attached hydrogens (tertiary/aromatic N) is 1. The van der Waals surface area contributed by atoms with Gasteiger partial charge in [-0.1, -0.05) is 18.2 Å². The predicted molar refractivity (Wildman–Crippen MR) is 80.5 cm³/mol. The van der Waals surface area contributed by atoms with Crippen LogP contribution < -0.4 is 15.4 Å². The van der Waals surface area contributed by atoms with Crippen LogP contribution in [0.1, 0.15) is 28.9 Å². The van der Waals surface area contributed by atoms with Crippen LogP contribution in [0.5, 0.6) is 5.75 Å². The minimum atomic E-state index is -0.143. The van der Waals surface area contributed by atoms with Gasteiger partial charge in [-0.25, -0.2) is 4.98 Å². The predicted octanol–water partition coefficient (Wildman–Crippen LogP) is 2.38. The third-order valence-electron chi connectivity index (χ3n) is 3.39. The monoisotopic (exact) mass is 283 g/mol. The van der Waals surface area contributed by atoms with E-state index in [1.54, 1.807) is 18.3 Å². The minimum absolute atomic E-state index is 0.109. The van der Waals surface area contributed by atoms with Crippen LogP contribution in [0.25, 0.3) is 0 Å². The van der Waals surface area contributed by atoms with Crippen molar-refractivity contribution in [2.75, 3.05) is 18.5 Å². The van der Waals surface area contributed by atoms with Crippen molar-refractivity contribution in [3.05, 3.63) is 53.7 Å². The van der Waals surface area contributed by atoms with Crippen LogP contribution in [0.15, 0.2) is 42.6 Å². The van der Waals surface area contributed by atoms with Gasteiger partial charge < -0.3 is 15.4 Å². The van der Waals surface area contributed by atoms with Gasteiger partial charge in [0, 0.05) is 18.3 Å². The molecule has 1 aromatic heterocycles. The number of carbonyl (C=O) groups is 1. The quantitative estimate of drug-likeness (QED) is 0.904. The summed E-state index contributed by atoms with van der Waals surface area (Å²) in [6.45, 7) is 3.27. The summed E-state index contributed by atoms with van der Waals surface area (Å²) >= 11 is 0. The maximum atomic E-state index is 12.3. The van der Waals surface area contributed by atoms with Crippen LogP contribution in [0, 0.1) is 0 Å². The first kappa shape index (κ1) is 13.4. The summed E-state index contributed by atoms with van der Waals surface area (Å²) in [6, 6.07) is 11.2. The van der Waals surface area contributed by atoms with Crippen molar-refractivity contribution < 1.29 is 9.53 Å². The molecule has 0 radical (unpaired) electrons. The van der Waals surface area contributed by atoms with Crippen molar-refractivity contribution in [1.29, 1.82) is 0 Å². The van der Waals surface area contributed by atoms with E-state index in [2.05, 4.69) is 15.6 Å². The molecule has 1 unspecified atom stereocenters. The van der Waals surface area contributed by atoms with E-state index in [1.807, 2.05) is 31.2 Å². The molecule has 1 aliphatic heterocycles. The molecular weight excluding hydrogens is 266 g/mol. The number of aromatic nitrogens is 1. The number of amides is 1. The summed E-state index contributed by atoms with van der Waals surface area (Å²) in [6.07, 6.45) is 1.58. The van der Waals surface area contributed by atoms with E-state index in [0.29, 0.717) is 12.2 Å². The normalized spacial score (nSPS) is 16.0. The standard InChI is InChI=1S/C16H17N3O2/c1-2-17-15-8-7-11(9-18-15)16(20)19-13-10-21-14-6-4-3-5-12(13)14/h3-9,13H,2,10H2,1H3,(H,17,18)(H,19,20). The fraction of sp³-hybridized carbons (Fsp3) is 0.250. The Labute approximate surface area is 123 Å². The van der Waals surface area contributed by atoms with Crippen LogP contribution in [0.2, 0.25) is 0 Å². The zero-order valence-corrected chi connectivity index (χ0v) is 11.8. The number of anilines is 1. The van der Waals surface area contributed by atoms with Crippen LogP contribution >= 0.6 is 0 Å². The number of nitrogens with one attached hydrogen (secondary N) is 2. The highest BCUT2D eigenvalue weighted by Crippen LogP contribution is 2.31. The maximum absolute atomic E-state index is 12.3. The Balaban J connectivity index is 1.69. The highest BCUT2D eigenvalue weighted by molar-refractivity contribution is 5.94. The molecule has 2 heterocycles. The molecule has 0 aliphatic carbocycles. The Morgan fingerprint density at radius 1 is 1.33 bits per heavy atom. The summed E-state index contributed by atoms with van der Waals surface area (Å²) in [7, 11) is 0. The summed E-state index contributed by atoms with van der Waals surface area (Å²) in [5.41, 5.74) is 1.56. The lowest BCUT2D eigenvalue weighted by Gasteiger charge is -2.12. The number of rotatable bonds is 4. The highest BCUT2D eigenvalue weighted by atomic mass is 16.5. The minimum Gasteiger partial charge on any atom is -0.491 e. The van der Waals surface area contributed by atoms with E-state index in [9.17, 15) is 4.79 Å². The number of pyridine rings is 1. The molecule has 21 heavy (non-hydrogen) atoms. The lowest BCUT2D eigenvalue weighted by molar-refractivity contribution is 0.0930. The third kappa shape index (κ3) is 2.81. The molecule has 5 heteroatoms. The SMILES string of the molecule is CCNc1ccc(C(=O)NC2COc3ccccc32)cn1. The summed E-state index contributed by atoms with van der Waals surface area (Å²) in [4.78, 5) is 16.5. The van der Waals surface area contributed by atoms with Crippen molar-refractivity contribution >= 4 is 11.7 Å². The van der Waals surface area contributed by atoms with Crippen LogP contribution in [0.4, 0.5) is 5.82 Å². The number of benzene rings is 1. The van der Waals surface area contributed by atoms with Crippen molar-refractivity contribution in [2.45, 2.75) is 13.0 Å². The molecule has 0 fully saturated rings. The Morgan fingerprint density at radius 3 is 2.95 bits per heavy atom. The lowest BCUT2D eigenvalue weighted by atomic mass is 10.1. The Morgan fingerprint density at radius 2 is 2.19 bits per heavy atom. The fourth-order valence-electron chi connectivity index (χ4n) is 2.34. The molecular formula is C16H17N3O2. The molecule has 5 nitrogen and oxygen atoms in total.